The van der Waals surface area contributed by atoms with E-state index >= 15 is 0 Å². The second-order valence-corrected chi connectivity index (χ2v) is 5.74. The van der Waals surface area contributed by atoms with E-state index in [4.69, 9.17) is 5.11 Å². The number of anilines is 1. The number of hydrogen-bond acceptors (Lipinski definition) is 6. The van der Waals surface area contributed by atoms with E-state index in [-0.39, 0.29) is 11.7 Å². The lowest BCUT2D eigenvalue weighted by Gasteiger charge is -2.40. The minimum atomic E-state index is -0.838. The van der Waals surface area contributed by atoms with Crippen LogP contribution < -0.4 is 4.90 Å². The van der Waals surface area contributed by atoms with E-state index in [9.17, 15) is 14.9 Å². The van der Waals surface area contributed by atoms with Gasteiger partial charge in [-0.05, 0) is 4.92 Å². The van der Waals surface area contributed by atoms with Crippen LogP contribution in [0.1, 0.15) is 6.92 Å². The molecule has 1 atom stereocenters. The van der Waals surface area contributed by atoms with Crippen molar-refractivity contribution in [2.24, 2.45) is 11.8 Å². The zero-order valence-corrected chi connectivity index (χ0v) is 11.4. The van der Waals surface area contributed by atoms with E-state index in [2.05, 4.69) is 4.98 Å². The number of nitro groups is 1. The highest BCUT2D eigenvalue weighted by Crippen LogP contribution is 2.36. The molecule has 1 fully saturated rings. The van der Waals surface area contributed by atoms with Gasteiger partial charge < -0.3 is 20.1 Å². The molecule has 0 radical (unpaired) electrons. The maximum Gasteiger partial charge on any atom is 0.373 e. The molecule has 1 saturated heterocycles. The predicted octanol–water partition coefficient (Wildman–Crippen LogP) is 1.46. The van der Waals surface area contributed by atoms with Gasteiger partial charge in [0.15, 0.2) is 0 Å². The minimum absolute atomic E-state index is 0.00633. The Bertz CT molecular complexity index is 688. The molecule has 0 amide bonds. The van der Waals surface area contributed by atoms with Gasteiger partial charge in [-0.2, -0.15) is 9.38 Å². The molecule has 0 bridgehead atoms. The first-order chi connectivity index (χ1) is 9.49. The van der Waals surface area contributed by atoms with Crippen LogP contribution in [0.3, 0.4) is 0 Å². The lowest BCUT2D eigenvalue weighted by atomic mass is 9.87. The van der Waals surface area contributed by atoms with Crippen LogP contribution in [0.5, 0.6) is 0 Å². The highest BCUT2D eigenvalue weighted by atomic mass is 32.1. The largest absolute Gasteiger partial charge is 0.481 e. The smallest absolute Gasteiger partial charge is 0.373 e. The van der Waals surface area contributed by atoms with Gasteiger partial charge in [0.2, 0.25) is 5.82 Å². The Balaban J connectivity index is 1.86. The highest BCUT2D eigenvalue weighted by Gasteiger charge is 2.39. The van der Waals surface area contributed by atoms with E-state index in [1.54, 1.807) is 23.4 Å². The topological polar surface area (TPSA) is 101 Å². The molecular formula is C11H12N4O4S. The second kappa shape index (κ2) is 4.44. The quantitative estimate of drug-likeness (QED) is 0.677. The van der Waals surface area contributed by atoms with Crippen LogP contribution in [-0.2, 0) is 4.79 Å². The summed E-state index contributed by atoms with van der Waals surface area (Å²) in [7, 11) is 0. The van der Waals surface area contributed by atoms with Gasteiger partial charge in [-0.25, -0.2) is 0 Å². The standard InChI is InChI=1S/C11H12N4O4S/c1-6(10(16)17)7-4-13(5-7)8-9(15(18)19)14-2-3-20-11(14)12-8/h2-3,6-7H,4-5H2,1H3,(H,16,17). The number of imidazole rings is 1. The van der Waals surface area contributed by atoms with E-state index in [0.29, 0.717) is 23.9 Å². The Morgan fingerprint density at radius 1 is 1.65 bits per heavy atom. The number of aromatic nitrogens is 2. The van der Waals surface area contributed by atoms with Gasteiger partial charge in [-0.15, -0.1) is 0 Å². The van der Waals surface area contributed by atoms with Gasteiger partial charge in [-0.3, -0.25) is 4.79 Å². The number of carboxylic acid groups (broad SMARTS) is 1. The molecule has 3 heterocycles. The summed E-state index contributed by atoms with van der Waals surface area (Å²) in [5.41, 5.74) is 0. The Morgan fingerprint density at radius 3 is 2.95 bits per heavy atom. The van der Waals surface area contributed by atoms with E-state index in [0.717, 1.165) is 0 Å². The van der Waals surface area contributed by atoms with Crippen molar-refractivity contribution >= 4 is 33.9 Å². The number of fused-ring (bicyclic) bond motifs is 1. The fourth-order valence-corrected chi connectivity index (χ4v) is 3.05. The van der Waals surface area contributed by atoms with Crippen LogP contribution in [0.4, 0.5) is 11.6 Å². The SMILES string of the molecule is CC(C(=O)O)C1CN(c2nc3sccn3c2[N+](=O)[O-])C1. The summed E-state index contributed by atoms with van der Waals surface area (Å²) in [6, 6.07) is 0. The summed E-state index contributed by atoms with van der Waals surface area (Å²) in [6.07, 6.45) is 1.62. The molecule has 2 aromatic rings. The lowest BCUT2D eigenvalue weighted by Crippen LogP contribution is -2.51. The summed E-state index contributed by atoms with van der Waals surface area (Å²) >= 11 is 1.33. The third kappa shape index (κ3) is 1.82. The van der Waals surface area contributed by atoms with Crippen LogP contribution >= 0.6 is 11.3 Å². The van der Waals surface area contributed by atoms with Crippen molar-refractivity contribution in [1.29, 1.82) is 0 Å². The molecule has 106 valence electrons. The normalized spacial score (nSPS) is 17.1. The number of hydrogen-bond donors (Lipinski definition) is 1. The van der Waals surface area contributed by atoms with Gasteiger partial charge in [0.1, 0.15) is 6.20 Å². The van der Waals surface area contributed by atoms with Crippen molar-refractivity contribution < 1.29 is 14.8 Å². The monoisotopic (exact) mass is 296 g/mol. The molecule has 1 N–H and O–H groups in total. The fraction of sp³-hybridized carbons (Fsp3) is 0.455. The van der Waals surface area contributed by atoms with Gasteiger partial charge in [0.05, 0.1) is 5.92 Å². The molecule has 9 heteroatoms. The van der Waals surface area contributed by atoms with E-state index < -0.39 is 16.8 Å². The summed E-state index contributed by atoms with van der Waals surface area (Å²) < 4.78 is 1.45. The number of nitrogens with zero attached hydrogens (tertiary/aromatic N) is 4. The highest BCUT2D eigenvalue weighted by molar-refractivity contribution is 7.15. The third-order valence-corrected chi connectivity index (χ3v) is 4.45. The molecule has 0 aromatic carbocycles. The zero-order valence-electron chi connectivity index (χ0n) is 10.6. The Kier molecular flexibility index (Phi) is 2.85. The van der Waals surface area contributed by atoms with Crippen molar-refractivity contribution in [2.45, 2.75) is 6.92 Å². The minimum Gasteiger partial charge on any atom is -0.481 e. The average Bonchev–Trinajstić information content (AvgIpc) is 2.85. The van der Waals surface area contributed by atoms with Crippen LogP contribution in [0.15, 0.2) is 11.6 Å². The summed E-state index contributed by atoms with van der Waals surface area (Å²) in [5.74, 6) is -1.01. The average molecular weight is 296 g/mol. The number of carboxylic acids is 1. The molecule has 2 aromatic heterocycles. The Hall–Kier alpha value is -2.16. The van der Waals surface area contributed by atoms with Crippen LogP contribution in [-0.4, -0.2) is 38.5 Å². The van der Waals surface area contributed by atoms with Gasteiger partial charge in [0, 0.05) is 24.4 Å². The maximum absolute atomic E-state index is 11.2. The number of thiazole rings is 1. The molecule has 1 aliphatic rings. The molecular weight excluding hydrogens is 284 g/mol. The van der Waals surface area contributed by atoms with Gasteiger partial charge in [-0.1, -0.05) is 18.3 Å². The van der Waals surface area contributed by atoms with Gasteiger partial charge in [0.25, 0.3) is 4.96 Å². The summed E-state index contributed by atoms with van der Waals surface area (Å²) in [6.45, 7) is 2.63. The van der Waals surface area contributed by atoms with E-state index in [1.165, 1.54) is 15.7 Å². The molecule has 1 aliphatic heterocycles. The first-order valence-electron chi connectivity index (χ1n) is 6.06. The zero-order chi connectivity index (χ0) is 14.4. The van der Waals surface area contributed by atoms with Crippen LogP contribution in [0.2, 0.25) is 0 Å². The number of carbonyl (C=O) groups is 1. The van der Waals surface area contributed by atoms with Crippen LogP contribution in [0.25, 0.3) is 4.96 Å². The summed E-state index contributed by atoms with van der Waals surface area (Å²) in [4.78, 5) is 28.3. The fourth-order valence-electron chi connectivity index (χ4n) is 2.35. The van der Waals surface area contributed by atoms with Crippen molar-refractivity contribution in [3.63, 3.8) is 0 Å². The summed E-state index contributed by atoms with van der Waals surface area (Å²) in [5, 5.41) is 21.9. The van der Waals surface area contributed by atoms with Crippen molar-refractivity contribution in [1.82, 2.24) is 9.38 Å². The molecule has 8 nitrogen and oxygen atoms in total. The third-order valence-electron chi connectivity index (χ3n) is 3.70. The Morgan fingerprint density at radius 2 is 2.35 bits per heavy atom. The van der Waals surface area contributed by atoms with Crippen molar-refractivity contribution in [2.75, 3.05) is 18.0 Å². The van der Waals surface area contributed by atoms with Gasteiger partial charge >= 0.3 is 11.8 Å². The molecule has 20 heavy (non-hydrogen) atoms. The molecule has 0 spiro atoms. The van der Waals surface area contributed by atoms with E-state index in [1.807, 2.05) is 0 Å². The Labute approximate surface area is 117 Å². The lowest BCUT2D eigenvalue weighted by molar-refractivity contribution is -0.389. The van der Waals surface area contributed by atoms with Crippen molar-refractivity contribution in [3.8, 4) is 0 Å². The maximum atomic E-state index is 11.2. The molecule has 0 saturated carbocycles. The number of aliphatic carboxylic acids is 1. The molecule has 1 unspecified atom stereocenters. The first kappa shape index (κ1) is 12.9. The number of rotatable bonds is 4. The first-order valence-corrected chi connectivity index (χ1v) is 6.94. The predicted molar refractivity (Wildman–Crippen MR) is 72.2 cm³/mol. The van der Waals surface area contributed by atoms with Crippen molar-refractivity contribution in [3.05, 3.63) is 21.7 Å². The second-order valence-electron chi connectivity index (χ2n) is 4.86. The molecule has 3 rings (SSSR count). The molecule has 0 aliphatic carbocycles. The van der Waals surface area contributed by atoms with Crippen LogP contribution in [0, 0.1) is 22.0 Å².